The lowest BCUT2D eigenvalue weighted by Gasteiger charge is -1.80. The van der Waals surface area contributed by atoms with Crippen LogP contribution in [-0.2, 0) is 0 Å². The second kappa shape index (κ2) is 3.84. The topological polar surface area (TPSA) is 23.8 Å². The van der Waals surface area contributed by atoms with Gasteiger partial charge in [0.05, 0.1) is 0 Å². The fourth-order valence-electron chi connectivity index (χ4n) is 0.0386. The normalized spacial score (nSPS) is 12.2. The summed E-state index contributed by atoms with van der Waals surface area (Å²) in [7, 11) is 0. The van der Waals surface area contributed by atoms with Crippen molar-refractivity contribution in [3.63, 3.8) is 0 Å². The van der Waals surface area contributed by atoms with Gasteiger partial charge in [-0.1, -0.05) is 31.9 Å². The molecule has 1 N–H and O–H groups in total. The van der Waals surface area contributed by atoms with E-state index in [1.54, 1.807) is 4.99 Å². The van der Waals surface area contributed by atoms with Crippen LogP contribution >= 0.6 is 31.9 Å². The van der Waals surface area contributed by atoms with Crippen molar-refractivity contribution in [2.45, 2.75) is 0 Å². The van der Waals surface area contributed by atoms with Crippen LogP contribution < -0.4 is 5.73 Å². The monoisotopic (exact) mass is 212 g/mol. The second-order valence-corrected chi connectivity index (χ2v) is 2.21. The Labute approximate surface area is 53.9 Å². The molecule has 0 aliphatic carbocycles. The number of nitrogens with one attached hydrogen (secondary N) is 1. The lowest BCUT2D eigenvalue weighted by atomic mass is 10.7. The molecule has 0 amide bonds. The van der Waals surface area contributed by atoms with Crippen LogP contribution in [0.1, 0.15) is 0 Å². The maximum atomic E-state index is 6.66. The van der Waals surface area contributed by atoms with Crippen LogP contribution in [0.3, 0.4) is 0 Å². The number of halogens is 2. The average molecular weight is 214 g/mol. The van der Waals surface area contributed by atoms with Crippen LogP contribution in [0, 0.1) is 0 Å². The molecule has 0 aromatic carbocycles. The molecule has 0 atom stereocenters. The minimum absolute atomic E-state index is 0.311. The number of rotatable bonds is 1. The molecule has 0 fully saturated rings. The molecule has 0 spiro atoms. The second-order valence-electron chi connectivity index (χ2n) is 0.733. The molecule has 0 saturated carbocycles. The van der Waals surface area contributed by atoms with Crippen LogP contribution in [0.4, 0.5) is 0 Å². The van der Waals surface area contributed by atoms with E-state index in [-0.39, 0.29) is 0 Å². The van der Waals surface area contributed by atoms with Crippen LogP contribution in [-0.4, -0.2) is 6.54 Å². The van der Waals surface area contributed by atoms with Gasteiger partial charge < -0.3 is 0 Å². The van der Waals surface area contributed by atoms with Gasteiger partial charge in [0.15, 0.2) is 0 Å². The zero-order valence-corrected chi connectivity index (χ0v) is 6.21. The van der Waals surface area contributed by atoms with Crippen molar-refractivity contribution >= 4 is 31.9 Å². The van der Waals surface area contributed by atoms with Gasteiger partial charge >= 0.3 is 0 Å². The summed E-state index contributed by atoms with van der Waals surface area (Å²) < 4.78 is 0.863. The minimum atomic E-state index is 0.311. The first-order valence-electron chi connectivity index (χ1n) is 1.40. The van der Waals surface area contributed by atoms with E-state index in [4.69, 9.17) is 5.73 Å². The van der Waals surface area contributed by atoms with Gasteiger partial charge in [0.2, 0.25) is 0 Å². The molecule has 0 heterocycles. The standard InChI is InChI=1S/C3H4Br2N/c4-1-3(5)2-6/h1,6H,2H2/b3-1-. The first-order valence-corrected chi connectivity index (χ1v) is 3.11. The van der Waals surface area contributed by atoms with E-state index in [0.717, 1.165) is 4.48 Å². The highest BCUT2D eigenvalue weighted by Crippen LogP contribution is 2.03. The smallest absolute Gasteiger partial charge is 0.0422 e. The van der Waals surface area contributed by atoms with Crippen molar-refractivity contribution in [1.82, 2.24) is 5.73 Å². The molecule has 0 unspecified atom stereocenters. The van der Waals surface area contributed by atoms with Gasteiger partial charge in [-0.2, -0.15) is 0 Å². The first-order chi connectivity index (χ1) is 2.81. The Morgan fingerprint density at radius 1 is 1.83 bits per heavy atom. The molecule has 0 aromatic heterocycles. The molecular weight excluding hydrogens is 210 g/mol. The van der Waals surface area contributed by atoms with Crippen molar-refractivity contribution in [3.05, 3.63) is 9.47 Å². The highest BCUT2D eigenvalue weighted by Gasteiger charge is 1.78. The Bertz CT molecular complexity index is 59.8. The highest BCUT2D eigenvalue weighted by atomic mass is 79.9. The van der Waals surface area contributed by atoms with Crippen molar-refractivity contribution in [1.29, 1.82) is 0 Å². The summed E-state index contributed by atoms with van der Waals surface area (Å²) in [5.74, 6) is 0. The average Bonchev–Trinajstić information content (AvgIpc) is 1.65. The van der Waals surface area contributed by atoms with Crippen LogP contribution in [0.15, 0.2) is 9.47 Å². The van der Waals surface area contributed by atoms with Gasteiger partial charge in [-0.25, -0.2) is 0 Å². The molecule has 0 aromatic rings. The van der Waals surface area contributed by atoms with Crippen LogP contribution in [0.2, 0.25) is 0 Å². The van der Waals surface area contributed by atoms with E-state index in [2.05, 4.69) is 31.9 Å². The number of hydrogen-bond donors (Lipinski definition) is 0. The Kier molecular flexibility index (Phi) is 4.26. The third kappa shape index (κ3) is 2.87. The molecule has 1 radical (unpaired) electrons. The predicted molar refractivity (Wildman–Crippen MR) is 33.9 cm³/mol. The maximum Gasteiger partial charge on any atom is 0.0422 e. The molecule has 0 aliphatic heterocycles. The Balaban J connectivity index is 3.22. The molecule has 0 rings (SSSR count). The molecule has 0 saturated heterocycles. The number of hydrogen-bond acceptors (Lipinski definition) is 0. The molecule has 3 heteroatoms. The molecule has 1 nitrogen and oxygen atoms in total. The maximum absolute atomic E-state index is 6.66. The van der Waals surface area contributed by atoms with Gasteiger partial charge in [0, 0.05) is 11.0 Å². The summed E-state index contributed by atoms with van der Waals surface area (Å²) >= 11 is 6.15. The first kappa shape index (κ1) is 6.66. The molecule has 6 heavy (non-hydrogen) atoms. The van der Waals surface area contributed by atoms with Gasteiger partial charge in [-0.15, -0.1) is 0 Å². The molecule has 35 valence electrons. The summed E-state index contributed by atoms with van der Waals surface area (Å²) in [6.45, 7) is 0.311. The molecule has 0 aliphatic rings. The largest absolute Gasteiger partial charge is 0.253 e. The lowest BCUT2D eigenvalue weighted by molar-refractivity contribution is 1.19. The summed E-state index contributed by atoms with van der Waals surface area (Å²) in [5.41, 5.74) is 6.66. The fourth-order valence-corrected chi connectivity index (χ4v) is 0.200. The quantitative estimate of drug-likeness (QED) is 0.636. The van der Waals surface area contributed by atoms with E-state index in [0.29, 0.717) is 6.54 Å². The Hall–Kier alpha value is 0.660. The Morgan fingerprint density at radius 3 is 2.33 bits per heavy atom. The molecular formula is C3H4Br2N. The van der Waals surface area contributed by atoms with Crippen molar-refractivity contribution in [3.8, 4) is 0 Å². The van der Waals surface area contributed by atoms with E-state index in [1.807, 2.05) is 0 Å². The zero-order valence-electron chi connectivity index (χ0n) is 3.04. The summed E-state index contributed by atoms with van der Waals surface area (Å²) in [6.07, 6.45) is 0. The van der Waals surface area contributed by atoms with Gasteiger partial charge in [-0.05, 0) is 4.99 Å². The predicted octanol–water partition coefficient (Wildman–Crippen LogP) is 1.90. The van der Waals surface area contributed by atoms with Crippen LogP contribution in [0.5, 0.6) is 0 Å². The highest BCUT2D eigenvalue weighted by molar-refractivity contribution is 9.14. The SMILES string of the molecule is [NH]C/C(Br)=C/Br. The third-order valence-corrected chi connectivity index (χ3v) is 1.96. The minimum Gasteiger partial charge on any atom is -0.253 e. The van der Waals surface area contributed by atoms with Crippen molar-refractivity contribution < 1.29 is 0 Å². The Morgan fingerprint density at radius 2 is 2.33 bits per heavy atom. The van der Waals surface area contributed by atoms with Crippen LogP contribution in [0.25, 0.3) is 0 Å². The van der Waals surface area contributed by atoms with Gasteiger partial charge in [0.25, 0.3) is 0 Å². The third-order valence-electron chi connectivity index (χ3n) is 0.287. The molecule has 0 bridgehead atoms. The summed E-state index contributed by atoms with van der Waals surface area (Å²) in [5, 5.41) is 0. The van der Waals surface area contributed by atoms with Gasteiger partial charge in [-0.3, -0.25) is 5.73 Å². The lowest BCUT2D eigenvalue weighted by Crippen LogP contribution is -1.78. The van der Waals surface area contributed by atoms with E-state index in [1.165, 1.54) is 0 Å². The summed E-state index contributed by atoms with van der Waals surface area (Å²) in [6, 6.07) is 0. The summed E-state index contributed by atoms with van der Waals surface area (Å²) in [4.78, 5) is 1.68. The van der Waals surface area contributed by atoms with E-state index >= 15 is 0 Å². The van der Waals surface area contributed by atoms with Crippen molar-refractivity contribution in [2.24, 2.45) is 0 Å². The van der Waals surface area contributed by atoms with Crippen molar-refractivity contribution in [2.75, 3.05) is 6.54 Å². The van der Waals surface area contributed by atoms with Gasteiger partial charge in [0.1, 0.15) is 0 Å². The zero-order chi connectivity index (χ0) is 4.99. The van der Waals surface area contributed by atoms with E-state index < -0.39 is 0 Å². The fraction of sp³-hybridized carbons (Fsp3) is 0.333. The van der Waals surface area contributed by atoms with E-state index in [9.17, 15) is 0 Å².